The molecule has 0 aliphatic carbocycles. The van der Waals surface area contributed by atoms with Crippen LogP contribution >= 0.6 is 7.92 Å². The molecular formula is C18H10F6NOP. The van der Waals surface area contributed by atoms with Crippen LogP contribution in [0.4, 0.5) is 26.3 Å². The molecule has 3 aromatic rings. The van der Waals surface area contributed by atoms with E-state index in [1.54, 1.807) is 0 Å². The lowest BCUT2D eigenvalue weighted by molar-refractivity contribution is 0.399. The van der Waals surface area contributed by atoms with E-state index >= 15 is 0 Å². The van der Waals surface area contributed by atoms with Crippen molar-refractivity contribution in [3.63, 3.8) is 0 Å². The summed E-state index contributed by atoms with van der Waals surface area (Å²) >= 11 is 0. The summed E-state index contributed by atoms with van der Waals surface area (Å²) in [6, 6.07) is 5.71. The highest BCUT2D eigenvalue weighted by molar-refractivity contribution is 7.79. The van der Waals surface area contributed by atoms with Crippen LogP contribution in [-0.4, -0.2) is 12.1 Å². The van der Waals surface area contributed by atoms with Crippen molar-refractivity contribution in [1.82, 2.24) is 4.98 Å². The summed E-state index contributed by atoms with van der Waals surface area (Å²) in [5.74, 6) is -7.72. The van der Waals surface area contributed by atoms with Crippen molar-refractivity contribution in [1.29, 1.82) is 0 Å². The summed E-state index contributed by atoms with van der Waals surface area (Å²) in [5, 5.41) is -1.53. The first-order chi connectivity index (χ1) is 12.8. The van der Waals surface area contributed by atoms with E-state index < -0.39 is 53.4 Å². The molecule has 0 radical (unpaired) electrons. The lowest BCUT2D eigenvalue weighted by Gasteiger charge is -2.21. The predicted octanol–water partition coefficient (Wildman–Crippen LogP) is 3.68. The van der Waals surface area contributed by atoms with Crippen molar-refractivity contribution in [2.45, 2.75) is 0 Å². The zero-order chi connectivity index (χ0) is 19.7. The second kappa shape index (κ2) is 7.56. The van der Waals surface area contributed by atoms with E-state index in [1.807, 2.05) is 0 Å². The number of benzene rings is 2. The number of halogens is 6. The molecule has 27 heavy (non-hydrogen) atoms. The van der Waals surface area contributed by atoms with Gasteiger partial charge in [-0.05, 0) is 6.07 Å². The Bertz CT molecular complexity index is 909. The van der Waals surface area contributed by atoms with Gasteiger partial charge in [0.05, 0.1) is 23.2 Å². The number of pyridine rings is 1. The van der Waals surface area contributed by atoms with E-state index in [0.717, 1.165) is 0 Å². The summed E-state index contributed by atoms with van der Waals surface area (Å²) in [6.07, 6.45) is 0. The molecule has 1 aromatic heterocycles. The van der Waals surface area contributed by atoms with Gasteiger partial charge in [0.1, 0.15) is 34.9 Å². The Morgan fingerprint density at radius 3 is 1.59 bits per heavy atom. The molecule has 0 atom stereocenters. The first kappa shape index (κ1) is 19.2. The topological polar surface area (TPSA) is 22.1 Å². The van der Waals surface area contributed by atoms with E-state index in [-0.39, 0.29) is 11.3 Å². The average molecular weight is 401 g/mol. The van der Waals surface area contributed by atoms with Gasteiger partial charge in [-0.2, -0.15) is 0 Å². The Balaban J connectivity index is 2.35. The Morgan fingerprint density at radius 2 is 1.19 bits per heavy atom. The van der Waals surface area contributed by atoms with Gasteiger partial charge in [-0.1, -0.05) is 6.07 Å². The summed E-state index contributed by atoms with van der Waals surface area (Å²) in [6.45, 7) is 0. The van der Waals surface area contributed by atoms with E-state index in [9.17, 15) is 26.3 Å². The molecule has 0 saturated heterocycles. The van der Waals surface area contributed by atoms with E-state index in [4.69, 9.17) is 4.74 Å². The normalized spacial score (nSPS) is 11.1. The van der Waals surface area contributed by atoms with Crippen LogP contribution in [0.2, 0.25) is 0 Å². The fourth-order valence-electron chi connectivity index (χ4n) is 2.48. The van der Waals surface area contributed by atoms with Gasteiger partial charge in [-0.25, -0.2) is 31.3 Å². The molecule has 0 saturated carbocycles. The SMILES string of the molecule is COc1cccc(P(c2c(F)cc(F)cc2F)c2c(F)cc(F)cc2F)n1. The van der Waals surface area contributed by atoms with Crippen molar-refractivity contribution in [3.8, 4) is 5.88 Å². The molecule has 140 valence electrons. The van der Waals surface area contributed by atoms with Gasteiger partial charge in [0, 0.05) is 38.3 Å². The first-order valence-electron chi connectivity index (χ1n) is 7.42. The fourth-order valence-corrected chi connectivity index (χ4v) is 4.71. The minimum absolute atomic E-state index is 0.0332. The van der Waals surface area contributed by atoms with Gasteiger partial charge in [-0.3, -0.25) is 0 Å². The van der Waals surface area contributed by atoms with Gasteiger partial charge >= 0.3 is 0 Å². The van der Waals surface area contributed by atoms with Crippen LogP contribution in [-0.2, 0) is 0 Å². The quantitative estimate of drug-likeness (QED) is 0.492. The van der Waals surface area contributed by atoms with Crippen LogP contribution < -0.4 is 20.8 Å². The summed E-state index contributed by atoms with van der Waals surface area (Å²) in [4.78, 5) is 4.01. The van der Waals surface area contributed by atoms with Crippen molar-refractivity contribution in [3.05, 3.63) is 77.4 Å². The molecule has 0 unspecified atom stereocenters. The molecule has 0 N–H and O–H groups in total. The molecule has 0 aliphatic heterocycles. The molecule has 0 aliphatic rings. The minimum atomic E-state index is -2.60. The molecule has 1 heterocycles. The molecule has 0 amide bonds. The van der Waals surface area contributed by atoms with Crippen LogP contribution in [0, 0.1) is 34.9 Å². The standard InChI is InChI=1S/C18H10F6NOP/c1-26-15-3-2-4-16(25-15)27(17-11(21)5-9(19)6-12(17)22)18-13(23)7-10(20)8-14(18)24/h2-8H,1H3. The maximum atomic E-state index is 14.4. The number of hydrogen-bond donors (Lipinski definition) is 0. The number of rotatable bonds is 4. The third-order valence-electron chi connectivity index (χ3n) is 3.56. The van der Waals surface area contributed by atoms with Crippen LogP contribution in [0.25, 0.3) is 0 Å². The Kier molecular flexibility index (Phi) is 5.37. The average Bonchev–Trinajstić information content (AvgIpc) is 2.58. The van der Waals surface area contributed by atoms with Gasteiger partial charge in [-0.15, -0.1) is 0 Å². The molecule has 0 fully saturated rings. The van der Waals surface area contributed by atoms with Crippen LogP contribution in [0.15, 0.2) is 42.5 Å². The van der Waals surface area contributed by atoms with Crippen LogP contribution in [0.1, 0.15) is 0 Å². The highest BCUT2D eigenvalue weighted by Crippen LogP contribution is 2.37. The van der Waals surface area contributed by atoms with E-state index in [0.29, 0.717) is 24.3 Å². The second-order valence-corrected chi connectivity index (χ2v) is 7.33. The first-order valence-corrected chi connectivity index (χ1v) is 8.76. The van der Waals surface area contributed by atoms with Gasteiger partial charge in [0.15, 0.2) is 0 Å². The Hall–Kier alpha value is -2.60. The van der Waals surface area contributed by atoms with Crippen molar-refractivity contribution < 1.29 is 31.1 Å². The molecular weight excluding hydrogens is 391 g/mol. The van der Waals surface area contributed by atoms with Gasteiger partial charge in [0.2, 0.25) is 5.88 Å². The fraction of sp³-hybridized carbons (Fsp3) is 0.0556. The summed E-state index contributed by atoms with van der Waals surface area (Å²) in [7, 11) is -1.32. The molecule has 2 nitrogen and oxygen atoms in total. The van der Waals surface area contributed by atoms with Gasteiger partial charge < -0.3 is 4.74 Å². The third kappa shape index (κ3) is 3.76. The molecule has 2 aromatic carbocycles. The number of hydrogen-bond acceptors (Lipinski definition) is 2. The molecule has 9 heteroatoms. The Labute approximate surface area is 151 Å². The predicted molar refractivity (Wildman–Crippen MR) is 89.2 cm³/mol. The largest absolute Gasteiger partial charge is 0.481 e. The van der Waals surface area contributed by atoms with E-state index in [1.165, 1.54) is 25.3 Å². The number of ether oxygens (including phenoxy) is 1. The zero-order valence-corrected chi connectivity index (χ0v) is 14.5. The van der Waals surface area contributed by atoms with Crippen molar-refractivity contribution in [2.24, 2.45) is 0 Å². The zero-order valence-electron chi connectivity index (χ0n) is 13.6. The molecule has 0 spiro atoms. The third-order valence-corrected chi connectivity index (χ3v) is 6.01. The maximum absolute atomic E-state index is 14.4. The van der Waals surface area contributed by atoms with Crippen LogP contribution in [0.3, 0.4) is 0 Å². The maximum Gasteiger partial charge on any atom is 0.213 e. The number of nitrogens with zero attached hydrogens (tertiary/aromatic N) is 1. The minimum Gasteiger partial charge on any atom is -0.481 e. The lowest BCUT2D eigenvalue weighted by Crippen LogP contribution is -2.31. The number of methoxy groups -OCH3 is 1. The van der Waals surface area contributed by atoms with Crippen molar-refractivity contribution in [2.75, 3.05) is 7.11 Å². The van der Waals surface area contributed by atoms with Crippen LogP contribution in [0.5, 0.6) is 5.88 Å². The summed E-state index contributed by atoms with van der Waals surface area (Å²) < 4.78 is 89.2. The number of aromatic nitrogens is 1. The smallest absolute Gasteiger partial charge is 0.213 e. The highest BCUT2D eigenvalue weighted by atomic mass is 31.1. The summed E-state index contributed by atoms with van der Waals surface area (Å²) in [5.41, 5.74) is -0.113. The Morgan fingerprint density at radius 1 is 0.741 bits per heavy atom. The highest BCUT2D eigenvalue weighted by Gasteiger charge is 2.31. The monoisotopic (exact) mass is 401 g/mol. The molecule has 0 bridgehead atoms. The van der Waals surface area contributed by atoms with Gasteiger partial charge in [0.25, 0.3) is 0 Å². The lowest BCUT2D eigenvalue weighted by atomic mass is 10.3. The van der Waals surface area contributed by atoms with E-state index in [2.05, 4.69) is 4.98 Å². The molecule has 3 rings (SSSR count). The second-order valence-electron chi connectivity index (χ2n) is 5.31. The van der Waals surface area contributed by atoms with Crippen molar-refractivity contribution >= 4 is 24.0 Å².